The molecule has 1 rings (SSSR count). The van der Waals surface area contributed by atoms with Gasteiger partial charge in [0.2, 0.25) is 5.75 Å². The number of benzene rings is 1. The topological polar surface area (TPSA) is 66.1 Å². The molecule has 0 radical (unpaired) electrons. The first-order chi connectivity index (χ1) is 7.26. The average Bonchev–Trinajstić information content (AvgIpc) is 2.28. The first-order valence-electron chi connectivity index (χ1n) is 4.31. The summed E-state index contributed by atoms with van der Waals surface area (Å²) in [5, 5.41) is 0. The van der Waals surface area contributed by atoms with Crippen LogP contribution in [0.25, 0.3) is 0 Å². The molecule has 0 spiro atoms. The van der Waals surface area contributed by atoms with Gasteiger partial charge in [0.1, 0.15) is 0 Å². The maximum absolute atomic E-state index is 5.21. The van der Waals surface area contributed by atoms with Crippen molar-refractivity contribution in [2.24, 2.45) is 10.7 Å². The lowest BCUT2D eigenvalue weighted by atomic mass is 10.2. The van der Waals surface area contributed by atoms with Crippen LogP contribution in [0.15, 0.2) is 17.1 Å². The van der Waals surface area contributed by atoms with Crippen LogP contribution in [0.2, 0.25) is 0 Å². The number of nitrogens with two attached hydrogens (primary N) is 1. The van der Waals surface area contributed by atoms with Gasteiger partial charge in [-0.2, -0.15) is 0 Å². The summed E-state index contributed by atoms with van der Waals surface area (Å²) in [5.41, 5.74) is 5.85. The standard InChI is InChI=1S/C10H14N2O3/c1-13-8-4-7(12-6-11)5-9(14-2)10(8)15-3/h4-6H,1-3H3,(H2,11,12). The smallest absolute Gasteiger partial charge is 0.203 e. The van der Waals surface area contributed by atoms with E-state index in [9.17, 15) is 0 Å². The summed E-state index contributed by atoms with van der Waals surface area (Å²) in [5.74, 6) is 1.64. The van der Waals surface area contributed by atoms with Crippen LogP contribution in [0.1, 0.15) is 0 Å². The minimum absolute atomic E-state index is 0.538. The van der Waals surface area contributed by atoms with Crippen LogP contribution < -0.4 is 19.9 Å². The van der Waals surface area contributed by atoms with Crippen LogP contribution in [-0.4, -0.2) is 27.7 Å². The Bertz CT molecular complexity index is 339. The third-order valence-electron chi connectivity index (χ3n) is 1.87. The van der Waals surface area contributed by atoms with E-state index in [0.717, 1.165) is 0 Å². The van der Waals surface area contributed by atoms with Crippen molar-refractivity contribution in [3.8, 4) is 17.2 Å². The van der Waals surface area contributed by atoms with Crippen LogP contribution in [0, 0.1) is 0 Å². The molecule has 0 aliphatic heterocycles. The molecule has 1 aromatic rings. The molecule has 0 saturated carbocycles. The fraction of sp³-hybridized carbons (Fsp3) is 0.300. The molecule has 0 unspecified atom stereocenters. The van der Waals surface area contributed by atoms with Gasteiger partial charge in [0.25, 0.3) is 0 Å². The first-order valence-corrected chi connectivity index (χ1v) is 4.31. The van der Waals surface area contributed by atoms with Gasteiger partial charge >= 0.3 is 0 Å². The second-order valence-electron chi connectivity index (χ2n) is 2.66. The van der Waals surface area contributed by atoms with Crippen LogP contribution in [0.4, 0.5) is 5.69 Å². The molecule has 0 aromatic heterocycles. The van der Waals surface area contributed by atoms with Crippen molar-refractivity contribution < 1.29 is 14.2 Å². The molecule has 0 aliphatic carbocycles. The van der Waals surface area contributed by atoms with E-state index in [-0.39, 0.29) is 0 Å². The van der Waals surface area contributed by atoms with Gasteiger partial charge in [-0.05, 0) is 0 Å². The number of nitrogens with zero attached hydrogens (tertiary/aromatic N) is 1. The van der Waals surface area contributed by atoms with Gasteiger partial charge in [-0.15, -0.1) is 0 Å². The Morgan fingerprint density at radius 1 is 1.07 bits per heavy atom. The lowest BCUT2D eigenvalue weighted by Gasteiger charge is -2.12. The lowest BCUT2D eigenvalue weighted by molar-refractivity contribution is 0.324. The van der Waals surface area contributed by atoms with E-state index in [4.69, 9.17) is 19.9 Å². The predicted molar refractivity (Wildman–Crippen MR) is 58.4 cm³/mol. The maximum atomic E-state index is 5.21. The minimum atomic E-state index is 0.538. The SMILES string of the molecule is COc1cc(N=CN)cc(OC)c1OC. The Balaban J connectivity index is 3.28. The highest BCUT2D eigenvalue weighted by atomic mass is 16.5. The van der Waals surface area contributed by atoms with Crippen LogP contribution >= 0.6 is 0 Å². The van der Waals surface area contributed by atoms with Gasteiger partial charge in [0.05, 0.1) is 33.4 Å². The van der Waals surface area contributed by atoms with E-state index in [1.807, 2.05) is 0 Å². The van der Waals surface area contributed by atoms with Gasteiger partial charge in [0, 0.05) is 12.1 Å². The Morgan fingerprint density at radius 3 is 1.93 bits per heavy atom. The lowest BCUT2D eigenvalue weighted by Crippen LogP contribution is -1.95. The van der Waals surface area contributed by atoms with Gasteiger partial charge in [0.15, 0.2) is 11.5 Å². The molecule has 82 valence electrons. The number of hydrogen-bond acceptors (Lipinski definition) is 4. The average molecular weight is 210 g/mol. The van der Waals surface area contributed by atoms with Crippen molar-refractivity contribution in [1.82, 2.24) is 0 Å². The summed E-state index contributed by atoms with van der Waals surface area (Å²) in [6.45, 7) is 0. The van der Waals surface area contributed by atoms with Crippen LogP contribution in [0.5, 0.6) is 17.2 Å². The summed E-state index contributed by atoms with van der Waals surface area (Å²) in [7, 11) is 4.65. The molecule has 0 aliphatic rings. The maximum Gasteiger partial charge on any atom is 0.203 e. The number of rotatable bonds is 4. The third kappa shape index (κ3) is 2.31. The molecule has 15 heavy (non-hydrogen) atoms. The zero-order chi connectivity index (χ0) is 11.3. The van der Waals surface area contributed by atoms with Gasteiger partial charge < -0.3 is 19.9 Å². The molecule has 0 amide bonds. The van der Waals surface area contributed by atoms with Gasteiger partial charge in [-0.1, -0.05) is 0 Å². The van der Waals surface area contributed by atoms with Crippen molar-refractivity contribution in [2.75, 3.05) is 21.3 Å². The fourth-order valence-corrected chi connectivity index (χ4v) is 1.23. The number of aliphatic imine (C=N–C) groups is 1. The molecular weight excluding hydrogens is 196 g/mol. The van der Waals surface area contributed by atoms with Crippen molar-refractivity contribution in [1.29, 1.82) is 0 Å². The number of ether oxygens (including phenoxy) is 3. The monoisotopic (exact) mass is 210 g/mol. The quantitative estimate of drug-likeness (QED) is 0.601. The van der Waals surface area contributed by atoms with E-state index in [1.165, 1.54) is 6.34 Å². The number of methoxy groups -OCH3 is 3. The Labute approximate surface area is 88.5 Å². The largest absolute Gasteiger partial charge is 0.493 e. The summed E-state index contributed by atoms with van der Waals surface area (Å²) in [6.07, 6.45) is 1.21. The van der Waals surface area contributed by atoms with Crippen molar-refractivity contribution in [3.05, 3.63) is 12.1 Å². The zero-order valence-electron chi connectivity index (χ0n) is 8.98. The molecule has 5 nitrogen and oxygen atoms in total. The van der Waals surface area contributed by atoms with Gasteiger partial charge in [-0.3, -0.25) is 0 Å². The molecule has 1 aromatic carbocycles. The molecular formula is C10H14N2O3. The van der Waals surface area contributed by atoms with E-state index in [2.05, 4.69) is 4.99 Å². The van der Waals surface area contributed by atoms with Gasteiger partial charge in [-0.25, -0.2) is 4.99 Å². The molecule has 0 fully saturated rings. The molecule has 5 heteroatoms. The molecule has 0 saturated heterocycles. The summed E-state index contributed by atoms with van der Waals surface area (Å²) in [4.78, 5) is 3.94. The van der Waals surface area contributed by atoms with E-state index in [1.54, 1.807) is 33.5 Å². The highest BCUT2D eigenvalue weighted by Gasteiger charge is 2.12. The second kappa shape index (κ2) is 5.09. The predicted octanol–water partition coefficient (Wildman–Crippen LogP) is 1.33. The van der Waals surface area contributed by atoms with Crippen LogP contribution in [-0.2, 0) is 0 Å². The summed E-state index contributed by atoms with van der Waals surface area (Å²) >= 11 is 0. The molecule has 2 N–H and O–H groups in total. The fourth-order valence-electron chi connectivity index (χ4n) is 1.23. The number of hydrogen-bond donors (Lipinski definition) is 1. The highest BCUT2D eigenvalue weighted by molar-refractivity contribution is 5.65. The van der Waals surface area contributed by atoms with Crippen molar-refractivity contribution in [2.45, 2.75) is 0 Å². The van der Waals surface area contributed by atoms with Crippen molar-refractivity contribution in [3.63, 3.8) is 0 Å². The molecule has 0 heterocycles. The summed E-state index contributed by atoms with van der Waals surface area (Å²) < 4.78 is 15.5. The van der Waals surface area contributed by atoms with Crippen molar-refractivity contribution >= 4 is 12.0 Å². The normalized spacial score (nSPS) is 10.3. The second-order valence-corrected chi connectivity index (χ2v) is 2.66. The third-order valence-corrected chi connectivity index (χ3v) is 1.87. The van der Waals surface area contributed by atoms with E-state index in [0.29, 0.717) is 22.9 Å². The van der Waals surface area contributed by atoms with Crippen LogP contribution in [0.3, 0.4) is 0 Å². The van der Waals surface area contributed by atoms with E-state index >= 15 is 0 Å². The first kappa shape index (κ1) is 11.2. The Morgan fingerprint density at radius 2 is 1.60 bits per heavy atom. The van der Waals surface area contributed by atoms with E-state index < -0.39 is 0 Å². The Kier molecular flexibility index (Phi) is 3.79. The summed E-state index contributed by atoms with van der Waals surface area (Å²) in [6, 6.07) is 3.43. The molecule has 0 atom stereocenters. The minimum Gasteiger partial charge on any atom is -0.493 e. The zero-order valence-corrected chi connectivity index (χ0v) is 8.98. The highest BCUT2D eigenvalue weighted by Crippen LogP contribution is 2.40. The Hall–Kier alpha value is -1.91. The molecule has 0 bridgehead atoms.